The van der Waals surface area contributed by atoms with Crippen LogP contribution in [0.5, 0.6) is 0 Å². The van der Waals surface area contributed by atoms with Crippen LogP contribution in [0.15, 0.2) is 24.3 Å². The summed E-state index contributed by atoms with van der Waals surface area (Å²) >= 11 is 0. The lowest BCUT2D eigenvalue weighted by Gasteiger charge is -2.00. The predicted octanol–water partition coefficient (Wildman–Crippen LogP) is 1.41. The lowest BCUT2D eigenvalue weighted by Crippen LogP contribution is -2.09. The van der Waals surface area contributed by atoms with Gasteiger partial charge in [0.05, 0.1) is 0 Å². The topological polar surface area (TPSA) is 29.1 Å². The van der Waals surface area contributed by atoms with Crippen LogP contribution in [0.25, 0.3) is 0 Å². The summed E-state index contributed by atoms with van der Waals surface area (Å²) in [7, 11) is 0. The highest BCUT2D eigenvalue weighted by Crippen LogP contribution is 2.04. The molecule has 1 aromatic rings. The minimum atomic E-state index is 0.563. The van der Waals surface area contributed by atoms with Crippen molar-refractivity contribution in [3.05, 3.63) is 35.4 Å². The summed E-state index contributed by atoms with van der Waals surface area (Å²) in [5.74, 6) is 0. The summed E-state index contributed by atoms with van der Waals surface area (Å²) < 4.78 is 0. The number of nitrogens with one attached hydrogen (secondary N) is 1. The van der Waals surface area contributed by atoms with Gasteiger partial charge in [-0.1, -0.05) is 31.2 Å². The number of rotatable bonds is 4. The molecule has 1 rings (SSSR count). The Labute approximate surface area is 72.6 Å². The molecular formula is C10H12NO. The number of aryl methyl sites for hydroxylation is 1. The van der Waals surface area contributed by atoms with E-state index in [0.29, 0.717) is 6.54 Å². The molecule has 0 atom stereocenters. The Balaban J connectivity index is 2.58. The van der Waals surface area contributed by atoms with Crippen LogP contribution < -0.4 is 5.32 Å². The Hall–Kier alpha value is -1.31. The van der Waals surface area contributed by atoms with E-state index in [1.165, 1.54) is 5.56 Å². The molecule has 0 bridgehead atoms. The Morgan fingerprint density at radius 3 is 2.33 bits per heavy atom. The van der Waals surface area contributed by atoms with E-state index in [0.717, 1.165) is 12.0 Å². The monoisotopic (exact) mass is 162 g/mol. The molecule has 0 aliphatic heterocycles. The smallest absolute Gasteiger partial charge is 0.309 e. The molecule has 12 heavy (non-hydrogen) atoms. The summed E-state index contributed by atoms with van der Waals surface area (Å²) in [6.45, 7) is 2.68. The highest BCUT2D eigenvalue weighted by Gasteiger charge is 1.91. The van der Waals surface area contributed by atoms with Gasteiger partial charge in [0, 0.05) is 6.54 Å². The summed E-state index contributed by atoms with van der Waals surface area (Å²) in [6.07, 6.45) is 2.69. The first-order chi connectivity index (χ1) is 5.86. The number of hydrogen-bond acceptors (Lipinski definition) is 1. The summed E-state index contributed by atoms with van der Waals surface area (Å²) in [5.41, 5.74) is 2.42. The first kappa shape index (κ1) is 8.78. The molecule has 0 aliphatic carbocycles. The van der Waals surface area contributed by atoms with Gasteiger partial charge in [-0.2, -0.15) is 0 Å². The van der Waals surface area contributed by atoms with Crippen LogP contribution in [0.3, 0.4) is 0 Å². The zero-order chi connectivity index (χ0) is 8.81. The molecule has 0 unspecified atom stereocenters. The second-order valence-electron chi connectivity index (χ2n) is 2.63. The van der Waals surface area contributed by atoms with Crippen molar-refractivity contribution in [2.75, 3.05) is 0 Å². The average molecular weight is 162 g/mol. The zero-order valence-corrected chi connectivity index (χ0v) is 7.13. The molecule has 0 saturated heterocycles. The SMILES string of the molecule is CCc1ccc(CN[C]=O)cc1. The molecular weight excluding hydrogens is 150 g/mol. The van der Waals surface area contributed by atoms with E-state index in [-0.39, 0.29) is 0 Å². The van der Waals surface area contributed by atoms with Crippen molar-refractivity contribution in [2.24, 2.45) is 0 Å². The van der Waals surface area contributed by atoms with E-state index in [4.69, 9.17) is 0 Å². The minimum Gasteiger partial charge on any atom is -0.344 e. The number of hydrogen-bond donors (Lipinski definition) is 1. The van der Waals surface area contributed by atoms with Crippen LogP contribution >= 0.6 is 0 Å². The van der Waals surface area contributed by atoms with Crippen LogP contribution in [0.2, 0.25) is 0 Å². The average Bonchev–Trinajstić information content (AvgIpc) is 2.15. The lowest BCUT2D eigenvalue weighted by atomic mass is 10.1. The van der Waals surface area contributed by atoms with Gasteiger partial charge in [0.2, 0.25) is 0 Å². The van der Waals surface area contributed by atoms with Gasteiger partial charge < -0.3 is 5.32 Å². The molecule has 0 aromatic heterocycles. The number of carbonyl (C=O) groups excluding carboxylic acids is 1. The van der Waals surface area contributed by atoms with E-state index >= 15 is 0 Å². The van der Waals surface area contributed by atoms with Crippen LogP contribution in [-0.4, -0.2) is 6.41 Å². The van der Waals surface area contributed by atoms with Crippen molar-refractivity contribution in [3.8, 4) is 0 Å². The largest absolute Gasteiger partial charge is 0.344 e. The molecule has 2 nitrogen and oxygen atoms in total. The third-order valence-corrected chi connectivity index (χ3v) is 1.80. The number of benzene rings is 1. The predicted molar refractivity (Wildman–Crippen MR) is 48.4 cm³/mol. The van der Waals surface area contributed by atoms with Crippen molar-refractivity contribution in [3.63, 3.8) is 0 Å². The van der Waals surface area contributed by atoms with Gasteiger partial charge in [0.1, 0.15) is 0 Å². The molecule has 63 valence electrons. The van der Waals surface area contributed by atoms with Crippen LogP contribution in [0.4, 0.5) is 0 Å². The minimum absolute atomic E-state index is 0.563. The Bertz CT molecular complexity index is 241. The van der Waals surface area contributed by atoms with E-state index in [1.807, 2.05) is 12.1 Å². The lowest BCUT2D eigenvalue weighted by molar-refractivity contribution is 0.542. The fourth-order valence-electron chi connectivity index (χ4n) is 1.03. The summed E-state index contributed by atoms with van der Waals surface area (Å²) in [4.78, 5) is 9.87. The molecule has 0 saturated carbocycles. The van der Waals surface area contributed by atoms with Crippen LogP contribution in [-0.2, 0) is 17.8 Å². The number of amides is 1. The van der Waals surface area contributed by atoms with Gasteiger partial charge in [0.25, 0.3) is 0 Å². The van der Waals surface area contributed by atoms with Crippen molar-refractivity contribution in [1.82, 2.24) is 5.32 Å². The Morgan fingerprint density at radius 2 is 1.83 bits per heavy atom. The molecule has 0 heterocycles. The van der Waals surface area contributed by atoms with E-state index in [2.05, 4.69) is 24.4 Å². The van der Waals surface area contributed by atoms with Crippen molar-refractivity contribution < 1.29 is 4.79 Å². The van der Waals surface area contributed by atoms with E-state index < -0.39 is 0 Å². The van der Waals surface area contributed by atoms with E-state index in [9.17, 15) is 4.79 Å². The van der Waals surface area contributed by atoms with Gasteiger partial charge in [-0.15, -0.1) is 0 Å². The third-order valence-electron chi connectivity index (χ3n) is 1.80. The normalized spacial score (nSPS) is 9.42. The fourth-order valence-corrected chi connectivity index (χ4v) is 1.03. The quantitative estimate of drug-likeness (QED) is 0.666. The second kappa shape index (κ2) is 4.54. The van der Waals surface area contributed by atoms with Gasteiger partial charge in [-0.3, -0.25) is 4.79 Å². The highest BCUT2D eigenvalue weighted by molar-refractivity contribution is 5.47. The standard InChI is InChI=1S/C10H12NO/c1-2-9-3-5-10(6-4-9)7-11-8-12/h3-6H,2,7H2,1H3,(H,11,12). The van der Waals surface area contributed by atoms with Gasteiger partial charge in [-0.05, 0) is 17.5 Å². The first-order valence-electron chi connectivity index (χ1n) is 4.04. The van der Waals surface area contributed by atoms with Crippen molar-refractivity contribution in [2.45, 2.75) is 19.9 Å². The van der Waals surface area contributed by atoms with Crippen molar-refractivity contribution in [1.29, 1.82) is 0 Å². The molecule has 1 aromatic carbocycles. The first-order valence-corrected chi connectivity index (χ1v) is 4.04. The Kier molecular flexibility index (Phi) is 3.33. The summed E-state index contributed by atoms with van der Waals surface area (Å²) in [5, 5.41) is 2.50. The summed E-state index contributed by atoms with van der Waals surface area (Å²) in [6, 6.07) is 8.18. The van der Waals surface area contributed by atoms with Crippen LogP contribution in [0.1, 0.15) is 18.1 Å². The van der Waals surface area contributed by atoms with Gasteiger partial charge in [-0.25, -0.2) is 0 Å². The van der Waals surface area contributed by atoms with Crippen molar-refractivity contribution >= 4 is 6.41 Å². The van der Waals surface area contributed by atoms with Gasteiger partial charge >= 0.3 is 6.41 Å². The molecule has 0 aliphatic rings. The Morgan fingerprint density at radius 1 is 1.25 bits per heavy atom. The molecule has 2 heteroatoms. The maximum atomic E-state index is 9.87. The third kappa shape index (κ3) is 2.38. The highest BCUT2D eigenvalue weighted by atomic mass is 16.1. The fraction of sp³-hybridized carbons (Fsp3) is 0.300. The molecule has 1 radical (unpaired) electrons. The second-order valence-corrected chi connectivity index (χ2v) is 2.63. The zero-order valence-electron chi connectivity index (χ0n) is 7.13. The maximum absolute atomic E-state index is 9.87. The maximum Gasteiger partial charge on any atom is 0.309 e. The van der Waals surface area contributed by atoms with Gasteiger partial charge in [0.15, 0.2) is 0 Å². The molecule has 1 amide bonds. The molecule has 1 N–H and O–H groups in total. The molecule has 0 fully saturated rings. The van der Waals surface area contributed by atoms with Crippen LogP contribution in [0, 0.1) is 0 Å². The van der Waals surface area contributed by atoms with E-state index in [1.54, 1.807) is 6.41 Å². The molecule has 0 spiro atoms.